The van der Waals surface area contributed by atoms with Gasteiger partial charge in [-0.25, -0.2) is 9.59 Å². The van der Waals surface area contributed by atoms with E-state index in [0.29, 0.717) is 96.6 Å². The number of likely N-dealkylation sites (tertiary alicyclic amines) is 2. The topological polar surface area (TPSA) is 141 Å². The van der Waals surface area contributed by atoms with Crippen molar-refractivity contribution in [3.05, 3.63) is 118 Å². The first-order chi connectivity index (χ1) is 42.3. The number of allylic oxidation sites excluding steroid dienone is 5. The molecule has 12 nitrogen and oxygen atoms in total. The second-order valence-electron chi connectivity index (χ2n) is 30.5. The van der Waals surface area contributed by atoms with Crippen LogP contribution in [0.1, 0.15) is 186 Å². The van der Waals surface area contributed by atoms with Crippen molar-refractivity contribution in [1.82, 2.24) is 9.80 Å². The molecule has 2 spiro atoms. The number of piperidine rings is 2. The first-order valence-electron chi connectivity index (χ1n) is 34.6. The Balaban J connectivity index is 0.000000177. The molecule has 0 radical (unpaired) electrons. The molecule has 0 bridgehead atoms. The molecule has 0 unspecified atom stereocenters. The number of nitrogens with zero attached hydrogens (tertiary/aromatic N) is 2. The van der Waals surface area contributed by atoms with E-state index in [-0.39, 0.29) is 89.3 Å². The molecule has 2 aromatic carbocycles. The second-order valence-corrected chi connectivity index (χ2v) is 30.5. The van der Waals surface area contributed by atoms with Gasteiger partial charge in [0.2, 0.25) is 0 Å². The monoisotopic (exact) mass is 1190 g/mol. The van der Waals surface area contributed by atoms with Crippen LogP contribution in [0, 0.1) is 81.8 Å². The van der Waals surface area contributed by atoms with Gasteiger partial charge in [-0.3, -0.25) is 9.59 Å². The summed E-state index contributed by atoms with van der Waals surface area (Å²) in [5, 5.41) is 9.84. The van der Waals surface area contributed by atoms with Crippen molar-refractivity contribution in [2.24, 2.45) is 81.8 Å². The lowest BCUT2D eigenvalue weighted by molar-refractivity contribution is -0.124. The summed E-state index contributed by atoms with van der Waals surface area (Å²) >= 11 is 0. The number of hydrogen-bond acceptors (Lipinski definition) is 10. The number of fused-ring (bicyclic) bond motifs is 12. The Bertz CT molecular complexity index is 3090. The molecule has 87 heavy (non-hydrogen) atoms. The quantitative estimate of drug-likeness (QED) is 0.175. The summed E-state index contributed by atoms with van der Waals surface area (Å²) < 4.78 is 41.6. The highest BCUT2D eigenvalue weighted by atomic mass is 16.6. The highest BCUT2D eigenvalue weighted by Crippen LogP contribution is 2.67. The normalized spacial score (nSPS) is 42.2. The van der Waals surface area contributed by atoms with Crippen LogP contribution in [0.25, 0.3) is 0 Å². The molecule has 20 atom stereocenters. The molecular formula is C75H104N2O10. The number of aliphatic hydroxyl groups excluding tert-OH is 1. The summed E-state index contributed by atoms with van der Waals surface area (Å²) in [6.07, 6.45) is 20.0. The Kier molecular flexibility index (Phi) is 16.7. The van der Waals surface area contributed by atoms with Gasteiger partial charge in [0, 0.05) is 46.3 Å². The summed E-state index contributed by atoms with van der Waals surface area (Å²) in [5.41, 5.74) is 8.57. The van der Waals surface area contributed by atoms with Crippen LogP contribution in [0.4, 0.5) is 9.59 Å². The maximum Gasteiger partial charge on any atom is 0.410 e. The zero-order valence-corrected chi connectivity index (χ0v) is 53.0. The number of Topliss-reactive ketones (excluding diaryl/α,β-unsaturated/α-hetero) is 2. The van der Waals surface area contributed by atoms with E-state index in [2.05, 4.69) is 61.5 Å². The van der Waals surface area contributed by atoms with Gasteiger partial charge in [0.1, 0.15) is 13.2 Å². The molecule has 5 saturated carbocycles. The average molecular weight is 1200 g/mol. The van der Waals surface area contributed by atoms with Crippen LogP contribution >= 0.6 is 0 Å². The highest BCUT2D eigenvalue weighted by Gasteiger charge is 2.64. The molecule has 474 valence electrons. The predicted molar refractivity (Wildman–Crippen MR) is 339 cm³/mol. The third kappa shape index (κ3) is 10.7. The number of carbonyl (C=O) groups is 4. The zero-order chi connectivity index (χ0) is 62.2. The van der Waals surface area contributed by atoms with Gasteiger partial charge < -0.3 is 38.6 Å². The van der Waals surface area contributed by atoms with Crippen molar-refractivity contribution in [2.45, 2.75) is 221 Å². The minimum absolute atomic E-state index is 0. The lowest BCUT2D eigenvalue weighted by Gasteiger charge is -2.52. The van der Waals surface area contributed by atoms with E-state index in [0.717, 1.165) is 114 Å². The molecule has 14 rings (SSSR count). The molecular weight excluding hydrogens is 1090 g/mol. The van der Waals surface area contributed by atoms with Crippen molar-refractivity contribution in [2.75, 3.05) is 20.2 Å². The van der Waals surface area contributed by atoms with Gasteiger partial charge in [-0.15, -0.1) is 0 Å². The molecule has 2 amide bonds. The molecule has 4 heterocycles. The number of rotatable bonds is 5. The van der Waals surface area contributed by atoms with Crippen LogP contribution in [0.2, 0.25) is 0 Å². The highest BCUT2D eigenvalue weighted by molar-refractivity contribution is 5.96. The van der Waals surface area contributed by atoms with E-state index >= 15 is 0 Å². The minimum Gasteiger partial charge on any atom is -0.515 e. The fourth-order valence-electron chi connectivity index (χ4n) is 21.6. The van der Waals surface area contributed by atoms with Crippen molar-refractivity contribution in [3.63, 3.8) is 0 Å². The third-order valence-electron chi connectivity index (χ3n) is 26.0. The largest absolute Gasteiger partial charge is 0.515 e. The van der Waals surface area contributed by atoms with E-state index in [1.165, 1.54) is 24.0 Å². The lowest BCUT2D eigenvalue weighted by Crippen LogP contribution is -2.54. The Labute approximate surface area is 522 Å². The first-order valence-corrected chi connectivity index (χ1v) is 33.6. The number of carbonyl (C=O) groups excluding carboxylic acids is 4. The number of hydrogen-bond donors (Lipinski definition) is 1. The van der Waals surface area contributed by atoms with Gasteiger partial charge in [-0.2, -0.15) is 0 Å². The number of benzene rings is 2. The van der Waals surface area contributed by atoms with Crippen LogP contribution < -0.4 is 0 Å². The maximum absolute atomic E-state index is 13.5. The molecule has 8 aliphatic carbocycles. The molecule has 4 saturated heterocycles. The SMILES string of the molecule is C.CC1=C2C[C@H]3[C@@H](CC[C@@H]4CC(=O)/C(=C\O)C[C@@]43C)[C@@H]2CC[C@@]2(C1)O[C@@H]1C[C@H](C)CN(C(=O)OCc3ccccc3)[C@H]1[C@H]2C.COC1=C[C@@]2(C)[C@H](CC[C@H]3[C@@H]4CC[C@@]5(CC(C)=C4C[C@@H]32)O[C@@H]2C[C@H](C)CN(C(=O)OCc3ccccc3)[C@H]2[C@H]5C)CC1=O.[2H][2H]. The smallest absolute Gasteiger partial charge is 0.410 e. The third-order valence-corrected chi connectivity index (χ3v) is 26.0. The second kappa shape index (κ2) is 23.9. The van der Waals surface area contributed by atoms with Crippen LogP contribution in [0.15, 0.2) is 107 Å². The molecule has 9 fully saturated rings. The molecule has 12 aliphatic rings. The van der Waals surface area contributed by atoms with Gasteiger partial charge in [0.25, 0.3) is 0 Å². The molecule has 12 heteroatoms. The molecule has 4 aliphatic heterocycles. The van der Waals surface area contributed by atoms with Gasteiger partial charge >= 0.3 is 12.2 Å². The van der Waals surface area contributed by atoms with Crippen molar-refractivity contribution < 1.29 is 50.9 Å². The summed E-state index contributed by atoms with van der Waals surface area (Å²) in [7, 11) is 1.64. The Morgan fingerprint density at radius 1 is 0.655 bits per heavy atom. The van der Waals surface area contributed by atoms with Crippen LogP contribution in [-0.4, -0.2) is 94.4 Å². The lowest BCUT2D eigenvalue weighted by atomic mass is 9.51. The van der Waals surface area contributed by atoms with E-state index < -0.39 is 0 Å². The molecule has 2 aromatic rings. The van der Waals surface area contributed by atoms with Crippen LogP contribution in [0.5, 0.6) is 0 Å². The first kappa shape index (κ1) is 60.7. The van der Waals surface area contributed by atoms with E-state index in [1.54, 1.807) is 18.3 Å². The van der Waals surface area contributed by atoms with E-state index in [1.807, 2.05) is 70.5 Å². The standard InChI is InChI=1S/2C37H49NO5.CH4.H2/c1-22-15-32-34(38(20-22)35(40)42-21-25-9-7-6-8-10-25)24(3)37(43-32)14-13-27-28-12-11-26-16-31(39)33(41-5)19-36(26,4)30(28)17-29(27)23(2)18-37;1-22-14-33-34(38(19-22)35(41)42-21-25-8-6-5-7-9-25)24(3)37(43-33)13-12-28-29-11-10-27-15-32(40)26(20-39)18-36(27,4)31(29)16-30(28)23(2)17-37;;/h6-10,19,22,24,26-28,30,32,34H,11-18,20-21H2,1-5H3;5-9,20,22,24,27-29,31,33-34,39H,10-19,21H2,1-4H3;1H4;1H/b;26-20-;;/t22-,24+,26+,27-,28-,30-,32+,34-,36-,37-;22-,24+,27+,28-,29-,31-,33+,34-,36-,37-;;/m00../s1/i;;;1+1D. The van der Waals surface area contributed by atoms with Gasteiger partial charge in [0.05, 0.1) is 48.9 Å². The Morgan fingerprint density at radius 2 is 1.13 bits per heavy atom. The zero-order valence-electron chi connectivity index (χ0n) is 55.0. The van der Waals surface area contributed by atoms with Gasteiger partial charge in [-0.1, -0.05) is 132 Å². The fourth-order valence-corrected chi connectivity index (χ4v) is 21.6. The van der Waals surface area contributed by atoms with Crippen LogP contribution in [-0.2, 0) is 46.5 Å². The van der Waals surface area contributed by atoms with Crippen LogP contribution in [0.3, 0.4) is 0 Å². The summed E-state index contributed by atoms with van der Waals surface area (Å²) in [4.78, 5) is 56.4. The summed E-state index contributed by atoms with van der Waals surface area (Å²) in [6, 6.07) is 20.0. The summed E-state index contributed by atoms with van der Waals surface area (Å²) in [6.45, 7) is 20.7. The average Bonchev–Trinajstić information content (AvgIpc) is 1.60. The number of methoxy groups -OCH3 is 1. The Morgan fingerprint density at radius 3 is 1.62 bits per heavy atom. The minimum atomic E-state index is -0.251. The predicted octanol–water partition coefficient (Wildman–Crippen LogP) is 16.1. The van der Waals surface area contributed by atoms with Gasteiger partial charge in [-0.05, 0) is 197 Å². The van der Waals surface area contributed by atoms with Crippen molar-refractivity contribution >= 4 is 23.8 Å². The maximum atomic E-state index is 13.5. The van der Waals surface area contributed by atoms with Crippen molar-refractivity contribution in [3.8, 4) is 0 Å². The summed E-state index contributed by atoms with van der Waals surface area (Å²) in [5.74, 6) is 6.54. The number of aliphatic hydroxyl groups is 1. The number of amides is 2. The number of ketones is 2. The van der Waals surface area contributed by atoms with Crippen molar-refractivity contribution in [1.29, 1.82) is 0 Å². The van der Waals surface area contributed by atoms with E-state index in [9.17, 15) is 24.3 Å². The van der Waals surface area contributed by atoms with Gasteiger partial charge in [0.15, 0.2) is 17.3 Å². The molecule has 0 aromatic heterocycles. The fraction of sp³-hybridized carbons (Fsp3) is 0.680. The van der Waals surface area contributed by atoms with E-state index in [4.69, 9.17) is 26.7 Å². The number of ether oxygens (including phenoxy) is 5. The molecule has 1 N–H and O–H groups in total. The Hall–Kier alpha value is -5.20.